The third-order valence-electron chi connectivity index (χ3n) is 2.73. The van der Waals surface area contributed by atoms with Gasteiger partial charge < -0.3 is 15.4 Å². The zero-order chi connectivity index (χ0) is 15.6. The smallest absolute Gasteiger partial charge is 0.471 e. The van der Waals surface area contributed by atoms with Crippen LogP contribution in [0.3, 0.4) is 0 Å². The van der Waals surface area contributed by atoms with Gasteiger partial charge in [0.05, 0.1) is 0 Å². The molecule has 0 aromatic carbocycles. The standard InChI is InChI=1S/C11H9F3N4O3/c12-11(13,14)10(21)18-7(9(19)20)1-5-2-16-8-6(5)3-15-4-17-8/h2-4,7H,1H2,(H,18,21)(H,19,20)(H,15,16,17). The summed E-state index contributed by atoms with van der Waals surface area (Å²) in [7, 11) is 0. The maximum Gasteiger partial charge on any atom is 0.471 e. The van der Waals surface area contributed by atoms with Crippen molar-refractivity contribution in [3.63, 3.8) is 0 Å². The Balaban J connectivity index is 2.21. The average molecular weight is 302 g/mol. The highest BCUT2D eigenvalue weighted by Crippen LogP contribution is 2.18. The first-order valence-corrected chi connectivity index (χ1v) is 5.65. The van der Waals surface area contributed by atoms with E-state index in [1.165, 1.54) is 24.0 Å². The first kappa shape index (κ1) is 14.8. The molecule has 2 rings (SSSR count). The van der Waals surface area contributed by atoms with Crippen LogP contribution in [-0.4, -0.2) is 44.2 Å². The van der Waals surface area contributed by atoms with Crippen LogP contribution in [0.2, 0.25) is 0 Å². The second-order valence-electron chi connectivity index (χ2n) is 4.17. The summed E-state index contributed by atoms with van der Waals surface area (Å²) in [5, 5.41) is 10.9. The summed E-state index contributed by atoms with van der Waals surface area (Å²) in [4.78, 5) is 32.2. The van der Waals surface area contributed by atoms with E-state index in [1.54, 1.807) is 0 Å². The molecule has 0 radical (unpaired) electrons. The quantitative estimate of drug-likeness (QED) is 0.768. The molecule has 1 atom stereocenters. The molecule has 3 N–H and O–H groups in total. The second-order valence-corrected chi connectivity index (χ2v) is 4.17. The Morgan fingerprint density at radius 3 is 2.76 bits per heavy atom. The number of aromatic amines is 1. The summed E-state index contributed by atoms with van der Waals surface area (Å²) in [6, 6.07) is -1.71. The third-order valence-corrected chi connectivity index (χ3v) is 2.73. The zero-order valence-electron chi connectivity index (χ0n) is 10.3. The third kappa shape index (κ3) is 3.27. The number of amides is 1. The number of carbonyl (C=O) groups excluding carboxylic acids is 1. The Morgan fingerprint density at radius 1 is 1.43 bits per heavy atom. The van der Waals surface area contributed by atoms with Crippen molar-refractivity contribution in [2.75, 3.05) is 0 Å². The Bertz CT molecular complexity index is 683. The summed E-state index contributed by atoms with van der Waals surface area (Å²) in [6.45, 7) is 0. The molecule has 1 unspecified atom stereocenters. The SMILES string of the molecule is O=C(O)C(Cc1c[nH]c2ncncc12)NC(=O)C(F)(F)F. The molecule has 0 aliphatic heterocycles. The number of hydrogen-bond acceptors (Lipinski definition) is 4. The average Bonchev–Trinajstić information content (AvgIpc) is 2.80. The number of alkyl halides is 3. The summed E-state index contributed by atoms with van der Waals surface area (Å²) in [6.07, 6.45) is -1.39. The molecule has 7 nitrogen and oxygen atoms in total. The number of aromatic nitrogens is 3. The van der Waals surface area contributed by atoms with Crippen LogP contribution >= 0.6 is 0 Å². The number of carboxylic acid groups (broad SMARTS) is 1. The number of nitrogens with zero attached hydrogens (tertiary/aromatic N) is 2. The van der Waals surface area contributed by atoms with Crippen molar-refractivity contribution in [1.29, 1.82) is 0 Å². The van der Waals surface area contributed by atoms with Gasteiger partial charge in [0.1, 0.15) is 18.0 Å². The van der Waals surface area contributed by atoms with E-state index in [0.29, 0.717) is 16.6 Å². The van der Waals surface area contributed by atoms with E-state index in [1.807, 2.05) is 0 Å². The molecule has 0 fully saturated rings. The molecule has 2 aromatic rings. The van der Waals surface area contributed by atoms with Gasteiger partial charge in [-0.05, 0) is 5.56 Å². The predicted molar refractivity (Wildman–Crippen MR) is 63.2 cm³/mol. The number of rotatable bonds is 4. The number of carboxylic acids is 1. The van der Waals surface area contributed by atoms with Crippen LogP contribution < -0.4 is 5.32 Å². The molecule has 21 heavy (non-hydrogen) atoms. The Labute approximate surface area is 115 Å². The zero-order valence-corrected chi connectivity index (χ0v) is 10.3. The first-order valence-electron chi connectivity index (χ1n) is 5.65. The van der Waals surface area contributed by atoms with E-state index < -0.39 is 24.1 Å². The van der Waals surface area contributed by atoms with Crippen LogP contribution in [0.25, 0.3) is 11.0 Å². The highest BCUT2D eigenvalue weighted by molar-refractivity contribution is 5.88. The molecular formula is C11H9F3N4O3. The van der Waals surface area contributed by atoms with Gasteiger partial charge in [0.15, 0.2) is 0 Å². The Morgan fingerprint density at radius 2 is 2.14 bits per heavy atom. The van der Waals surface area contributed by atoms with E-state index in [4.69, 9.17) is 5.11 Å². The van der Waals surface area contributed by atoms with Crippen molar-refractivity contribution in [3.8, 4) is 0 Å². The molecular weight excluding hydrogens is 293 g/mol. The van der Waals surface area contributed by atoms with E-state index in [0.717, 1.165) is 0 Å². The van der Waals surface area contributed by atoms with Gasteiger partial charge in [0.25, 0.3) is 0 Å². The summed E-state index contributed by atoms with van der Waals surface area (Å²) in [5.41, 5.74) is 0.812. The topological polar surface area (TPSA) is 108 Å². The summed E-state index contributed by atoms with van der Waals surface area (Å²) < 4.78 is 36.5. The minimum absolute atomic E-state index is 0.329. The molecule has 2 aromatic heterocycles. The van der Waals surface area contributed by atoms with E-state index in [2.05, 4.69) is 15.0 Å². The molecule has 0 aliphatic carbocycles. The highest BCUT2D eigenvalue weighted by atomic mass is 19.4. The molecule has 0 spiro atoms. The molecule has 112 valence electrons. The molecule has 0 saturated carbocycles. The monoisotopic (exact) mass is 302 g/mol. The molecule has 1 amide bonds. The van der Waals surface area contributed by atoms with Crippen molar-refractivity contribution < 1.29 is 27.9 Å². The highest BCUT2D eigenvalue weighted by Gasteiger charge is 2.40. The fourth-order valence-corrected chi connectivity index (χ4v) is 1.74. The van der Waals surface area contributed by atoms with Crippen LogP contribution in [0.15, 0.2) is 18.7 Å². The molecule has 10 heteroatoms. The van der Waals surface area contributed by atoms with E-state index in [-0.39, 0.29) is 6.42 Å². The largest absolute Gasteiger partial charge is 0.480 e. The van der Waals surface area contributed by atoms with Crippen molar-refractivity contribution in [1.82, 2.24) is 20.3 Å². The summed E-state index contributed by atoms with van der Waals surface area (Å²) in [5.74, 6) is -3.87. The number of carbonyl (C=O) groups is 2. The van der Waals surface area contributed by atoms with Gasteiger partial charge in [0.2, 0.25) is 0 Å². The molecule has 0 bridgehead atoms. The number of nitrogens with one attached hydrogen (secondary N) is 2. The van der Waals surface area contributed by atoms with Gasteiger partial charge in [-0.25, -0.2) is 14.8 Å². The fraction of sp³-hybridized carbons (Fsp3) is 0.273. The number of H-pyrrole nitrogens is 1. The predicted octanol–water partition coefficient (Wildman–Crippen LogP) is 0.632. The minimum Gasteiger partial charge on any atom is -0.480 e. The normalized spacial score (nSPS) is 13.1. The minimum atomic E-state index is -5.14. The van der Waals surface area contributed by atoms with Crippen LogP contribution in [0.1, 0.15) is 5.56 Å². The number of fused-ring (bicyclic) bond motifs is 1. The van der Waals surface area contributed by atoms with Gasteiger partial charge in [-0.15, -0.1) is 0 Å². The van der Waals surface area contributed by atoms with Crippen LogP contribution in [-0.2, 0) is 16.0 Å². The van der Waals surface area contributed by atoms with Gasteiger partial charge in [-0.2, -0.15) is 13.2 Å². The van der Waals surface area contributed by atoms with Gasteiger partial charge >= 0.3 is 18.1 Å². The lowest BCUT2D eigenvalue weighted by atomic mass is 10.1. The van der Waals surface area contributed by atoms with Gasteiger partial charge in [-0.3, -0.25) is 4.79 Å². The van der Waals surface area contributed by atoms with Crippen molar-refractivity contribution >= 4 is 22.9 Å². The molecule has 0 saturated heterocycles. The van der Waals surface area contributed by atoms with E-state index >= 15 is 0 Å². The Kier molecular flexibility index (Phi) is 3.78. The fourth-order valence-electron chi connectivity index (χ4n) is 1.74. The van der Waals surface area contributed by atoms with Crippen LogP contribution in [0.5, 0.6) is 0 Å². The van der Waals surface area contributed by atoms with Gasteiger partial charge in [0, 0.05) is 24.2 Å². The first-order chi connectivity index (χ1) is 9.79. The summed E-state index contributed by atoms with van der Waals surface area (Å²) >= 11 is 0. The lowest BCUT2D eigenvalue weighted by Crippen LogP contribution is -2.47. The van der Waals surface area contributed by atoms with Crippen LogP contribution in [0.4, 0.5) is 13.2 Å². The van der Waals surface area contributed by atoms with Gasteiger partial charge in [-0.1, -0.05) is 0 Å². The number of aliphatic carboxylic acids is 1. The second kappa shape index (κ2) is 5.38. The van der Waals surface area contributed by atoms with Crippen LogP contribution in [0, 0.1) is 0 Å². The molecule has 2 heterocycles. The number of halogens is 3. The lowest BCUT2D eigenvalue weighted by molar-refractivity contribution is -0.175. The molecule has 0 aliphatic rings. The lowest BCUT2D eigenvalue weighted by Gasteiger charge is -2.15. The Hall–Kier alpha value is -2.65. The number of hydrogen-bond donors (Lipinski definition) is 3. The maximum atomic E-state index is 12.2. The van der Waals surface area contributed by atoms with Crippen molar-refractivity contribution in [2.45, 2.75) is 18.6 Å². The van der Waals surface area contributed by atoms with E-state index in [9.17, 15) is 22.8 Å². The maximum absolute atomic E-state index is 12.2. The van der Waals surface area contributed by atoms with Crippen molar-refractivity contribution in [2.24, 2.45) is 0 Å². The van der Waals surface area contributed by atoms with Crippen molar-refractivity contribution in [3.05, 3.63) is 24.3 Å².